The summed E-state index contributed by atoms with van der Waals surface area (Å²) in [4.78, 5) is 0. The molecule has 0 bridgehead atoms. The van der Waals surface area contributed by atoms with Crippen molar-refractivity contribution in [2.24, 2.45) is 0 Å². The van der Waals surface area contributed by atoms with Gasteiger partial charge in [-0.2, -0.15) is 0 Å². The van der Waals surface area contributed by atoms with Crippen LogP contribution in [-0.4, -0.2) is 0 Å². The average Bonchev–Trinajstić information content (AvgIpc) is 2.85. The van der Waals surface area contributed by atoms with Crippen LogP contribution in [0.3, 0.4) is 0 Å². The van der Waals surface area contributed by atoms with Gasteiger partial charge in [0.25, 0.3) is 0 Å². The zero-order chi connectivity index (χ0) is 13.4. The van der Waals surface area contributed by atoms with Gasteiger partial charge in [0.05, 0.1) is 18.6 Å². The first-order valence-electron chi connectivity index (χ1n) is 5.93. The van der Waals surface area contributed by atoms with Gasteiger partial charge in [-0.15, -0.1) is 11.6 Å². The predicted octanol–water partition coefficient (Wildman–Crippen LogP) is 5.57. The van der Waals surface area contributed by atoms with E-state index in [1.165, 1.54) is 11.1 Å². The zero-order valence-electron chi connectivity index (χ0n) is 10.00. The normalized spacial score (nSPS) is 15.3. The molecule has 1 atom stereocenters. The number of halogens is 3. The number of alkyl halides is 1. The van der Waals surface area contributed by atoms with Crippen molar-refractivity contribution >= 4 is 43.5 Å². The molecule has 1 nitrogen and oxygen atoms in total. The standard InChI is InChI=1S/C15H11Br2ClO/c16-12-3-4-13(14(17)6-12)15(18)9-1-2-10-7-19-8-11(10)5-9/h1-6,15H,7-8H2. The first-order valence-corrected chi connectivity index (χ1v) is 7.96. The molecular weight excluding hydrogens is 391 g/mol. The van der Waals surface area contributed by atoms with Gasteiger partial charge in [0.2, 0.25) is 0 Å². The lowest BCUT2D eigenvalue weighted by molar-refractivity contribution is 0.134. The maximum absolute atomic E-state index is 6.60. The summed E-state index contributed by atoms with van der Waals surface area (Å²) in [6, 6.07) is 12.4. The summed E-state index contributed by atoms with van der Waals surface area (Å²) in [7, 11) is 0. The number of fused-ring (bicyclic) bond motifs is 1. The van der Waals surface area contributed by atoms with Crippen molar-refractivity contribution in [3.63, 3.8) is 0 Å². The smallest absolute Gasteiger partial charge is 0.0846 e. The van der Waals surface area contributed by atoms with E-state index in [0.29, 0.717) is 13.2 Å². The predicted molar refractivity (Wildman–Crippen MR) is 84.5 cm³/mol. The number of hydrogen-bond acceptors (Lipinski definition) is 1. The van der Waals surface area contributed by atoms with Gasteiger partial charge < -0.3 is 4.74 Å². The minimum atomic E-state index is -0.159. The highest BCUT2D eigenvalue weighted by molar-refractivity contribution is 9.11. The van der Waals surface area contributed by atoms with Crippen molar-refractivity contribution < 1.29 is 4.74 Å². The van der Waals surface area contributed by atoms with Gasteiger partial charge >= 0.3 is 0 Å². The van der Waals surface area contributed by atoms with Gasteiger partial charge in [-0.3, -0.25) is 0 Å². The topological polar surface area (TPSA) is 9.23 Å². The summed E-state index contributed by atoms with van der Waals surface area (Å²) >= 11 is 13.6. The van der Waals surface area contributed by atoms with Gasteiger partial charge in [-0.25, -0.2) is 0 Å². The molecule has 1 heterocycles. The lowest BCUT2D eigenvalue weighted by Crippen LogP contribution is -1.96. The molecule has 4 heteroatoms. The lowest BCUT2D eigenvalue weighted by Gasteiger charge is -2.13. The SMILES string of the molecule is ClC(c1ccc2c(c1)COC2)c1ccc(Br)cc1Br. The van der Waals surface area contributed by atoms with Crippen LogP contribution in [-0.2, 0) is 18.0 Å². The van der Waals surface area contributed by atoms with Crippen molar-refractivity contribution in [2.45, 2.75) is 18.6 Å². The molecule has 2 aromatic carbocycles. The zero-order valence-corrected chi connectivity index (χ0v) is 13.9. The quantitative estimate of drug-likeness (QED) is 0.597. The number of benzene rings is 2. The molecule has 0 saturated carbocycles. The number of rotatable bonds is 2. The molecule has 1 aliphatic heterocycles. The van der Waals surface area contributed by atoms with E-state index in [4.69, 9.17) is 16.3 Å². The van der Waals surface area contributed by atoms with Crippen LogP contribution >= 0.6 is 43.5 Å². The average molecular weight is 403 g/mol. The monoisotopic (exact) mass is 400 g/mol. The Morgan fingerprint density at radius 3 is 2.58 bits per heavy atom. The summed E-state index contributed by atoms with van der Waals surface area (Å²) in [6.07, 6.45) is 0. The molecule has 2 aromatic rings. The van der Waals surface area contributed by atoms with Crippen molar-refractivity contribution in [3.05, 3.63) is 67.6 Å². The van der Waals surface area contributed by atoms with Crippen LogP contribution in [0, 0.1) is 0 Å². The summed E-state index contributed by atoms with van der Waals surface area (Å²) in [6.45, 7) is 1.40. The molecule has 0 N–H and O–H groups in total. The Kier molecular flexibility index (Phi) is 3.99. The van der Waals surface area contributed by atoms with Crippen LogP contribution in [0.1, 0.15) is 27.6 Å². The Hall–Kier alpha value is -0.350. The molecule has 0 saturated heterocycles. The maximum Gasteiger partial charge on any atom is 0.0846 e. The fourth-order valence-corrected chi connectivity index (χ4v) is 3.97. The van der Waals surface area contributed by atoms with Gasteiger partial charge in [-0.05, 0) is 34.4 Å². The molecule has 19 heavy (non-hydrogen) atoms. The fraction of sp³-hybridized carbons (Fsp3) is 0.200. The molecule has 0 aliphatic carbocycles. The third-order valence-electron chi connectivity index (χ3n) is 3.27. The summed E-state index contributed by atoms with van der Waals surface area (Å²) in [5.41, 5.74) is 4.69. The van der Waals surface area contributed by atoms with Crippen LogP contribution in [0.4, 0.5) is 0 Å². The molecule has 0 spiro atoms. The number of hydrogen-bond donors (Lipinski definition) is 0. The molecule has 0 amide bonds. The third kappa shape index (κ3) is 2.75. The van der Waals surface area contributed by atoms with E-state index in [1.54, 1.807) is 0 Å². The minimum absolute atomic E-state index is 0.159. The van der Waals surface area contributed by atoms with Crippen molar-refractivity contribution in [2.75, 3.05) is 0 Å². The molecule has 3 rings (SSSR count). The molecule has 0 fully saturated rings. The van der Waals surface area contributed by atoms with Crippen molar-refractivity contribution in [1.29, 1.82) is 0 Å². The maximum atomic E-state index is 6.60. The molecule has 1 unspecified atom stereocenters. The first kappa shape index (κ1) is 13.6. The molecule has 1 aliphatic rings. The Morgan fingerprint density at radius 2 is 1.79 bits per heavy atom. The van der Waals surface area contributed by atoms with Gasteiger partial charge in [0.15, 0.2) is 0 Å². The van der Waals surface area contributed by atoms with Gasteiger partial charge in [0.1, 0.15) is 0 Å². The molecule has 0 radical (unpaired) electrons. The van der Waals surface area contributed by atoms with Crippen LogP contribution in [0.5, 0.6) is 0 Å². The molecule has 98 valence electrons. The second-order valence-electron chi connectivity index (χ2n) is 4.55. The van der Waals surface area contributed by atoms with E-state index in [1.807, 2.05) is 18.2 Å². The highest BCUT2D eigenvalue weighted by Crippen LogP contribution is 2.36. The fourth-order valence-electron chi connectivity index (χ4n) is 2.24. The van der Waals surface area contributed by atoms with E-state index < -0.39 is 0 Å². The lowest BCUT2D eigenvalue weighted by atomic mass is 10.00. The Bertz CT molecular complexity index is 628. The van der Waals surface area contributed by atoms with Crippen molar-refractivity contribution in [3.8, 4) is 0 Å². The van der Waals surface area contributed by atoms with E-state index >= 15 is 0 Å². The second kappa shape index (κ2) is 5.57. The van der Waals surface area contributed by atoms with Gasteiger partial charge in [0, 0.05) is 8.95 Å². The Labute approximate surface area is 134 Å². The summed E-state index contributed by atoms with van der Waals surface area (Å²) in [5.74, 6) is 0. The van der Waals surface area contributed by atoms with Crippen molar-refractivity contribution in [1.82, 2.24) is 0 Å². The highest BCUT2D eigenvalue weighted by atomic mass is 79.9. The summed E-state index contributed by atoms with van der Waals surface area (Å²) < 4.78 is 7.49. The minimum Gasteiger partial charge on any atom is -0.372 e. The largest absolute Gasteiger partial charge is 0.372 e. The van der Waals surface area contributed by atoms with E-state index in [-0.39, 0.29) is 5.38 Å². The summed E-state index contributed by atoms with van der Waals surface area (Å²) in [5, 5.41) is -0.159. The van der Waals surface area contributed by atoms with Crippen LogP contribution in [0.2, 0.25) is 0 Å². The Morgan fingerprint density at radius 1 is 1.00 bits per heavy atom. The van der Waals surface area contributed by atoms with Crippen LogP contribution in [0.15, 0.2) is 45.3 Å². The first-order chi connectivity index (χ1) is 9.15. The molecule has 0 aromatic heterocycles. The van der Waals surface area contributed by atoms with E-state index in [9.17, 15) is 0 Å². The number of ether oxygens (including phenoxy) is 1. The van der Waals surface area contributed by atoms with Gasteiger partial charge in [-0.1, -0.05) is 56.1 Å². The van der Waals surface area contributed by atoms with Crippen LogP contribution < -0.4 is 0 Å². The second-order valence-corrected chi connectivity index (χ2v) is 6.76. The molecular formula is C15H11Br2ClO. The Balaban J connectivity index is 1.97. The highest BCUT2D eigenvalue weighted by Gasteiger charge is 2.18. The van der Waals surface area contributed by atoms with Crippen LogP contribution in [0.25, 0.3) is 0 Å². The third-order valence-corrected chi connectivity index (χ3v) is 4.94. The van der Waals surface area contributed by atoms with E-state index in [0.717, 1.165) is 20.1 Å². The van der Waals surface area contributed by atoms with E-state index in [2.05, 4.69) is 50.1 Å².